The van der Waals surface area contributed by atoms with Gasteiger partial charge >= 0.3 is 0 Å². The summed E-state index contributed by atoms with van der Waals surface area (Å²) in [4.78, 5) is 13.3. The lowest BCUT2D eigenvalue weighted by Crippen LogP contribution is -2.10. The van der Waals surface area contributed by atoms with Gasteiger partial charge in [0, 0.05) is 49.9 Å². The fourth-order valence-corrected chi connectivity index (χ4v) is 4.03. The second kappa shape index (κ2) is 22.3. The molecule has 0 aliphatic carbocycles. The monoisotopic (exact) mass is 566 g/mol. The van der Waals surface area contributed by atoms with Crippen molar-refractivity contribution in [2.45, 2.75) is 77.2 Å². The lowest BCUT2D eigenvalue weighted by molar-refractivity contribution is 0.530. The highest BCUT2D eigenvalue weighted by molar-refractivity contribution is 7.94. The number of halogens is 1. The number of allylic oxidation sites excluding steroid dienone is 3. The lowest BCUT2D eigenvalue weighted by atomic mass is 9.93. The maximum atomic E-state index is 13.3. The fourth-order valence-electron chi connectivity index (χ4n) is 3.74. The van der Waals surface area contributed by atoms with Crippen LogP contribution in [-0.4, -0.2) is 32.8 Å². The van der Waals surface area contributed by atoms with Gasteiger partial charge in [-0.3, -0.25) is 9.98 Å². The van der Waals surface area contributed by atoms with Crippen LogP contribution in [0.4, 0.5) is 9.70 Å². The zero-order valence-corrected chi connectivity index (χ0v) is 25.8. The van der Waals surface area contributed by atoms with Gasteiger partial charge in [-0.1, -0.05) is 51.8 Å². The summed E-state index contributed by atoms with van der Waals surface area (Å²) in [5.74, 6) is 1.21. The van der Waals surface area contributed by atoms with Crippen molar-refractivity contribution in [2.75, 3.05) is 12.4 Å². The quantitative estimate of drug-likeness (QED) is 0.134. The van der Waals surface area contributed by atoms with Gasteiger partial charge in [0.1, 0.15) is 10.7 Å². The summed E-state index contributed by atoms with van der Waals surface area (Å²) in [5.41, 5.74) is 5.02. The van der Waals surface area contributed by atoms with Gasteiger partial charge in [-0.15, -0.1) is 26.3 Å². The summed E-state index contributed by atoms with van der Waals surface area (Å²) in [7, 11) is 1.76. The molecule has 40 heavy (non-hydrogen) atoms. The topological polar surface area (TPSA) is 67.5 Å². The van der Waals surface area contributed by atoms with E-state index < -0.39 is 0 Å². The maximum Gasteiger partial charge on any atom is 0.173 e. The summed E-state index contributed by atoms with van der Waals surface area (Å²) in [5, 5.41) is 7.75. The number of aliphatic imine (C=N–C) groups is 1. The molecule has 1 atom stereocenters. The number of aromatic nitrogens is 4. The second-order valence-corrected chi connectivity index (χ2v) is 9.28. The van der Waals surface area contributed by atoms with Gasteiger partial charge in [0.15, 0.2) is 5.65 Å². The molecular formula is C32H47FN6S. The molecule has 6 nitrogen and oxygen atoms in total. The standard InChI is InChI=1S/C20H26FN5S.C8H13N.2C2H4/c1-3-5-9-16(7-4-2)17-11-19(23-13-15-8-6-10-22-12-15)26-20(25-17)18(27-21)14-24-26;1-5-7(2)8(3)6-9-4;2*1-2/h6,8,10-12,14,16,23H,3-5,7,9,13H2,1-2H3;5-6H,1H2,2-4H3;2*1-2H2/b;8-7-,9-6?;;. The highest BCUT2D eigenvalue weighted by Gasteiger charge is 2.18. The van der Waals surface area contributed by atoms with Crippen LogP contribution >= 0.6 is 12.1 Å². The zero-order chi connectivity index (χ0) is 30.3. The Kier molecular flexibility index (Phi) is 20.3. The molecule has 0 spiro atoms. The number of nitrogens with one attached hydrogen (secondary N) is 1. The van der Waals surface area contributed by atoms with Crippen molar-refractivity contribution in [3.63, 3.8) is 0 Å². The van der Waals surface area contributed by atoms with Crippen LogP contribution in [0.2, 0.25) is 0 Å². The first-order chi connectivity index (χ1) is 19.5. The average molecular weight is 567 g/mol. The summed E-state index contributed by atoms with van der Waals surface area (Å²) in [6.07, 6.45) is 14.4. The van der Waals surface area contributed by atoms with E-state index in [0.29, 0.717) is 23.0 Å². The highest BCUT2D eigenvalue weighted by Crippen LogP contribution is 2.31. The smallest absolute Gasteiger partial charge is 0.173 e. The first-order valence-corrected chi connectivity index (χ1v) is 14.2. The number of rotatable bonds is 12. The third-order valence-corrected chi connectivity index (χ3v) is 6.41. The molecule has 8 heteroatoms. The maximum absolute atomic E-state index is 13.3. The molecule has 0 saturated heterocycles. The third kappa shape index (κ3) is 12.1. The molecule has 1 unspecified atom stereocenters. The molecule has 0 aliphatic rings. The molecule has 218 valence electrons. The summed E-state index contributed by atoms with van der Waals surface area (Å²) >= 11 is 0.196. The van der Waals surface area contributed by atoms with E-state index in [2.05, 4.69) is 73.2 Å². The normalized spacial score (nSPS) is 11.7. The van der Waals surface area contributed by atoms with E-state index in [0.717, 1.165) is 42.8 Å². The lowest BCUT2D eigenvalue weighted by Gasteiger charge is -2.18. The molecule has 0 saturated carbocycles. The SMILES string of the molecule is C=C.C=C.C=C/C(C)=C(/C)C=NC.CCCCC(CCC)c1cc(NCc2cccnc2)n2ncc(SF)c2n1. The van der Waals surface area contributed by atoms with E-state index in [1.165, 1.54) is 23.8 Å². The summed E-state index contributed by atoms with van der Waals surface area (Å²) in [6.45, 7) is 24.7. The first kappa shape index (κ1) is 36.5. The fraction of sp³-hybridized carbons (Fsp3) is 0.375. The number of nitrogens with zero attached hydrogens (tertiary/aromatic N) is 5. The van der Waals surface area contributed by atoms with Crippen molar-refractivity contribution in [1.82, 2.24) is 19.6 Å². The minimum absolute atomic E-state index is 0.196. The molecule has 1 N–H and O–H groups in total. The van der Waals surface area contributed by atoms with Gasteiger partial charge in [-0.2, -0.15) is 13.5 Å². The first-order valence-electron chi connectivity index (χ1n) is 13.5. The van der Waals surface area contributed by atoms with Gasteiger partial charge in [0.2, 0.25) is 0 Å². The Morgan fingerprint density at radius 3 is 2.40 bits per heavy atom. The van der Waals surface area contributed by atoms with E-state index in [9.17, 15) is 3.89 Å². The van der Waals surface area contributed by atoms with Crippen molar-refractivity contribution in [1.29, 1.82) is 0 Å². The molecule has 3 heterocycles. The molecule has 3 rings (SSSR count). The Morgan fingerprint density at radius 2 is 1.85 bits per heavy atom. The number of unbranched alkanes of at least 4 members (excludes halogenated alkanes) is 1. The second-order valence-electron chi connectivity index (χ2n) is 8.69. The van der Waals surface area contributed by atoms with Crippen LogP contribution < -0.4 is 5.32 Å². The molecular weight excluding hydrogens is 519 g/mol. The molecule has 3 aromatic rings. The van der Waals surface area contributed by atoms with Crippen molar-refractivity contribution in [3.8, 4) is 0 Å². The van der Waals surface area contributed by atoms with E-state index >= 15 is 0 Å². The number of fused-ring (bicyclic) bond motifs is 1. The van der Waals surface area contributed by atoms with Crippen molar-refractivity contribution in [3.05, 3.63) is 98.2 Å². The molecule has 0 radical (unpaired) electrons. The predicted octanol–water partition coefficient (Wildman–Crippen LogP) is 9.60. The van der Waals surface area contributed by atoms with E-state index in [1.807, 2.05) is 44.5 Å². The number of anilines is 1. The van der Waals surface area contributed by atoms with Crippen molar-refractivity contribution >= 4 is 29.8 Å². The Balaban J connectivity index is 0.000000991. The van der Waals surface area contributed by atoms with Crippen LogP contribution in [0.5, 0.6) is 0 Å². The summed E-state index contributed by atoms with van der Waals surface area (Å²) < 4.78 is 15.0. The van der Waals surface area contributed by atoms with E-state index in [-0.39, 0.29) is 12.1 Å². The Hall–Kier alpha value is -3.52. The highest BCUT2D eigenvalue weighted by atomic mass is 32.2. The molecule has 0 bridgehead atoms. The number of hydrogen-bond acceptors (Lipinski definition) is 6. The molecule has 0 aliphatic heterocycles. The largest absolute Gasteiger partial charge is 0.366 e. The van der Waals surface area contributed by atoms with Crippen LogP contribution in [-0.2, 0) is 6.54 Å². The molecule has 0 fully saturated rings. The predicted molar refractivity (Wildman–Crippen MR) is 174 cm³/mol. The minimum atomic E-state index is 0.196. The van der Waals surface area contributed by atoms with Gasteiger partial charge in [0.05, 0.1) is 18.3 Å². The van der Waals surface area contributed by atoms with Crippen LogP contribution in [0.3, 0.4) is 0 Å². The molecule has 0 aromatic carbocycles. The Labute approximate surface area is 245 Å². The summed E-state index contributed by atoms with van der Waals surface area (Å²) in [6, 6.07) is 6.00. The van der Waals surface area contributed by atoms with Crippen LogP contribution in [0, 0.1) is 0 Å². The van der Waals surface area contributed by atoms with Crippen LogP contribution in [0.25, 0.3) is 5.65 Å². The minimum Gasteiger partial charge on any atom is -0.366 e. The Bertz CT molecular complexity index is 1170. The number of hydrogen-bond donors (Lipinski definition) is 1. The van der Waals surface area contributed by atoms with Gasteiger partial charge < -0.3 is 5.32 Å². The third-order valence-electron chi connectivity index (χ3n) is 5.95. The van der Waals surface area contributed by atoms with Gasteiger partial charge in [-0.05, 0) is 49.5 Å². The van der Waals surface area contributed by atoms with Gasteiger partial charge in [0.25, 0.3) is 0 Å². The average Bonchev–Trinajstić information content (AvgIpc) is 3.44. The van der Waals surface area contributed by atoms with Crippen LogP contribution in [0.15, 0.2) is 96.8 Å². The molecule has 0 amide bonds. The zero-order valence-electron chi connectivity index (χ0n) is 25.0. The van der Waals surface area contributed by atoms with E-state index in [4.69, 9.17) is 4.98 Å². The van der Waals surface area contributed by atoms with Crippen LogP contribution in [0.1, 0.15) is 77.0 Å². The van der Waals surface area contributed by atoms with Crippen molar-refractivity contribution < 1.29 is 3.89 Å². The molecule has 3 aromatic heterocycles. The van der Waals surface area contributed by atoms with E-state index in [1.54, 1.807) is 17.8 Å². The number of pyridine rings is 1. The van der Waals surface area contributed by atoms with Crippen molar-refractivity contribution in [2.24, 2.45) is 4.99 Å². The van der Waals surface area contributed by atoms with Gasteiger partial charge in [-0.25, -0.2) is 4.98 Å². The Morgan fingerprint density at radius 1 is 1.12 bits per heavy atom.